The molecule has 0 atom stereocenters. The summed E-state index contributed by atoms with van der Waals surface area (Å²) in [5.74, 6) is -0.701. The van der Waals surface area contributed by atoms with Crippen molar-refractivity contribution in [3.8, 4) is 11.5 Å². The molecule has 0 unspecified atom stereocenters. The molecule has 27 heavy (non-hydrogen) atoms. The SMILES string of the molecule is CCOC(=O)c1cc(C)c2c(c1)S(=O)(=O)Cc1cc(NC=O)cc(Cl)c1O2. The fraction of sp³-hybridized carbons (Fsp3) is 0.222. The molecule has 1 aliphatic rings. The standard InChI is InChI=1S/C18H16ClNO6S/c1-3-25-18(22)11-4-10(2)16-15(6-11)27(23,24)8-12-5-13(20-9-21)7-14(19)17(12)26-16/h4-7,9H,3,8H2,1-2H3,(H,20,21). The van der Waals surface area contributed by atoms with Crippen molar-refractivity contribution in [3.63, 3.8) is 0 Å². The zero-order valence-electron chi connectivity index (χ0n) is 14.5. The predicted octanol–water partition coefficient (Wildman–Crippen LogP) is 3.47. The molecule has 3 rings (SSSR count). The summed E-state index contributed by atoms with van der Waals surface area (Å²) in [4.78, 5) is 22.6. The summed E-state index contributed by atoms with van der Waals surface area (Å²) in [7, 11) is -3.84. The number of benzene rings is 2. The lowest BCUT2D eigenvalue weighted by Gasteiger charge is -2.14. The number of halogens is 1. The monoisotopic (exact) mass is 409 g/mol. The van der Waals surface area contributed by atoms with E-state index >= 15 is 0 Å². The smallest absolute Gasteiger partial charge is 0.338 e. The molecule has 0 fully saturated rings. The number of rotatable bonds is 4. The number of amides is 1. The highest BCUT2D eigenvalue weighted by Gasteiger charge is 2.31. The first-order valence-corrected chi connectivity index (χ1v) is 10.0. The van der Waals surface area contributed by atoms with Crippen molar-refractivity contribution in [3.05, 3.63) is 46.0 Å². The second kappa shape index (κ2) is 7.21. The number of carbonyl (C=O) groups is 2. The number of esters is 1. The molecule has 1 amide bonds. The Labute approximate surface area is 161 Å². The van der Waals surface area contributed by atoms with Crippen molar-refractivity contribution < 1.29 is 27.5 Å². The Morgan fingerprint density at radius 3 is 2.70 bits per heavy atom. The molecular weight excluding hydrogens is 394 g/mol. The number of hydrogen-bond acceptors (Lipinski definition) is 6. The van der Waals surface area contributed by atoms with Gasteiger partial charge in [-0.3, -0.25) is 4.79 Å². The maximum absolute atomic E-state index is 13.0. The molecule has 1 aliphatic heterocycles. The van der Waals surface area contributed by atoms with Crippen molar-refractivity contribution in [2.45, 2.75) is 24.5 Å². The van der Waals surface area contributed by atoms with Gasteiger partial charge >= 0.3 is 5.97 Å². The van der Waals surface area contributed by atoms with Gasteiger partial charge in [0.15, 0.2) is 9.84 Å². The third-order valence-corrected chi connectivity index (χ3v) is 5.93. The number of carbonyl (C=O) groups excluding carboxylic acids is 2. The molecule has 0 spiro atoms. The number of sulfone groups is 1. The average molecular weight is 410 g/mol. The summed E-state index contributed by atoms with van der Waals surface area (Å²) in [5, 5.41) is 2.60. The van der Waals surface area contributed by atoms with Crippen LogP contribution in [0.5, 0.6) is 11.5 Å². The maximum Gasteiger partial charge on any atom is 0.338 e. The van der Waals surface area contributed by atoms with Crippen molar-refractivity contribution >= 4 is 39.5 Å². The first kappa shape index (κ1) is 19.2. The first-order valence-electron chi connectivity index (χ1n) is 8.01. The second-order valence-corrected chi connectivity index (χ2v) is 8.28. The molecule has 1 heterocycles. The molecule has 0 aromatic heterocycles. The molecule has 7 nitrogen and oxygen atoms in total. The van der Waals surface area contributed by atoms with Gasteiger partial charge in [0.2, 0.25) is 6.41 Å². The van der Waals surface area contributed by atoms with E-state index in [-0.39, 0.29) is 33.6 Å². The fourth-order valence-electron chi connectivity index (χ4n) is 2.84. The van der Waals surface area contributed by atoms with E-state index < -0.39 is 21.6 Å². The van der Waals surface area contributed by atoms with Gasteiger partial charge in [-0.05, 0) is 43.7 Å². The molecule has 142 valence electrons. The molecular formula is C18H16ClNO6S. The van der Waals surface area contributed by atoms with Crippen LogP contribution in [0.4, 0.5) is 5.69 Å². The van der Waals surface area contributed by atoms with Gasteiger partial charge in [-0.1, -0.05) is 11.6 Å². The lowest BCUT2D eigenvalue weighted by molar-refractivity contribution is -0.105. The highest BCUT2D eigenvalue weighted by Crippen LogP contribution is 2.44. The molecule has 0 saturated heterocycles. The lowest BCUT2D eigenvalue weighted by Crippen LogP contribution is -2.09. The van der Waals surface area contributed by atoms with E-state index in [1.807, 2.05) is 0 Å². The summed E-state index contributed by atoms with van der Waals surface area (Å²) < 4.78 is 36.7. The minimum Gasteiger partial charge on any atom is -0.462 e. The van der Waals surface area contributed by atoms with Crippen molar-refractivity contribution in [1.29, 1.82) is 0 Å². The molecule has 1 N–H and O–H groups in total. The van der Waals surface area contributed by atoms with Crippen LogP contribution in [0.2, 0.25) is 5.02 Å². The summed E-state index contributed by atoms with van der Waals surface area (Å²) in [5.41, 5.74) is 1.24. The van der Waals surface area contributed by atoms with Crippen molar-refractivity contribution in [1.82, 2.24) is 0 Å². The van der Waals surface area contributed by atoms with Gasteiger partial charge in [0.25, 0.3) is 0 Å². The quantitative estimate of drug-likeness (QED) is 0.613. The van der Waals surface area contributed by atoms with Crippen LogP contribution >= 0.6 is 11.6 Å². The summed E-state index contributed by atoms with van der Waals surface area (Å²) >= 11 is 6.24. The van der Waals surface area contributed by atoms with Crippen LogP contribution in [0.3, 0.4) is 0 Å². The number of fused-ring (bicyclic) bond motifs is 2. The maximum atomic E-state index is 13.0. The van der Waals surface area contributed by atoms with Crippen LogP contribution in [0, 0.1) is 6.92 Å². The Morgan fingerprint density at radius 2 is 2.04 bits per heavy atom. The summed E-state index contributed by atoms with van der Waals surface area (Å²) in [6.45, 7) is 3.47. The number of hydrogen-bond donors (Lipinski definition) is 1. The Kier molecular flexibility index (Phi) is 5.12. The van der Waals surface area contributed by atoms with Gasteiger partial charge in [-0.2, -0.15) is 0 Å². The van der Waals surface area contributed by atoms with E-state index in [9.17, 15) is 18.0 Å². The molecule has 0 radical (unpaired) electrons. The predicted molar refractivity (Wildman–Crippen MR) is 99.2 cm³/mol. The zero-order chi connectivity index (χ0) is 19.8. The number of ether oxygens (including phenoxy) is 2. The Hall–Kier alpha value is -2.58. The lowest BCUT2D eigenvalue weighted by atomic mass is 10.1. The minimum atomic E-state index is -3.84. The number of aryl methyl sites for hydroxylation is 1. The van der Waals surface area contributed by atoms with E-state index in [0.717, 1.165) is 0 Å². The van der Waals surface area contributed by atoms with E-state index in [4.69, 9.17) is 21.1 Å². The first-order chi connectivity index (χ1) is 12.8. The van der Waals surface area contributed by atoms with Crippen LogP contribution < -0.4 is 10.1 Å². The van der Waals surface area contributed by atoms with Gasteiger partial charge < -0.3 is 14.8 Å². The molecule has 2 aromatic rings. The third kappa shape index (κ3) is 3.63. The van der Waals surface area contributed by atoms with Gasteiger partial charge in [-0.15, -0.1) is 0 Å². The highest BCUT2D eigenvalue weighted by molar-refractivity contribution is 7.90. The van der Waals surface area contributed by atoms with Gasteiger partial charge in [-0.25, -0.2) is 13.2 Å². The Morgan fingerprint density at radius 1 is 1.30 bits per heavy atom. The summed E-state index contributed by atoms with van der Waals surface area (Å²) in [6, 6.07) is 5.71. The second-order valence-electron chi connectivity index (χ2n) is 5.91. The van der Waals surface area contributed by atoms with E-state index in [2.05, 4.69) is 5.32 Å². The largest absolute Gasteiger partial charge is 0.462 e. The topological polar surface area (TPSA) is 98.8 Å². The van der Waals surface area contributed by atoms with Crippen molar-refractivity contribution in [2.24, 2.45) is 0 Å². The van der Waals surface area contributed by atoms with E-state index in [1.54, 1.807) is 13.8 Å². The molecule has 0 saturated carbocycles. The summed E-state index contributed by atoms with van der Waals surface area (Å²) in [6.07, 6.45) is 0.467. The number of anilines is 1. The third-order valence-electron chi connectivity index (χ3n) is 3.98. The van der Waals surface area contributed by atoms with E-state index in [0.29, 0.717) is 23.2 Å². The average Bonchev–Trinajstić information content (AvgIpc) is 2.69. The van der Waals surface area contributed by atoms with Gasteiger partial charge in [0, 0.05) is 11.3 Å². The number of nitrogens with one attached hydrogen (secondary N) is 1. The van der Waals surface area contributed by atoms with Crippen LogP contribution in [-0.4, -0.2) is 27.4 Å². The van der Waals surface area contributed by atoms with Crippen LogP contribution in [0.25, 0.3) is 0 Å². The van der Waals surface area contributed by atoms with Crippen LogP contribution in [-0.2, 0) is 25.1 Å². The van der Waals surface area contributed by atoms with Gasteiger partial charge in [0.1, 0.15) is 16.4 Å². The molecule has 2 aromatic carbocycles. The van der Waals surface area contributed by atoms with E-state index in [1.165, 1.54) is 24.3 Å². The molecule has 0 aliphatic carbocycles. The van der Waals surface area contributed by atoms with Crippen LogP contribution in [0.15, 0.2) is 29.2 Å². The van der Waals surface area contributed by atoms with Gasteiger partial charge in [0.05, 0.1) is 22.9 Å². The normalized spacial score (nSPS) is 14.2. The molecule has 9 heteroatoms. The zero-order valence-corrected chi connectivity index (χ0v) is 16.1. The highest BCUT2D eigenvalue weighted by atomic mass is 35.5. The Balaban J connectivity index is 2.19. The fourth-order valence-corrected chi connectivity index (χ4v) is 4.69. The van der Waals surface area contributed by atoms with Crippen LogP contribution in [0.1, 0.15) is 28.4 Å². The van der Waals surface area contributed by atoms with Crippen molar-refractivity contribution in [2.75, 3.05) is 11.9 Å². The Bertz CT molecular complexity index is 1050. The minimum absolute atomic E-state index is 0.109. The molecule has 0 bridgehead atoms.